The zero-order chi connectivity index (χ0) is 14.1. The molecule has 0 spiro atoms. The summed E-state index contributed by atoms with van der Waals surface area (Å²) >= 11 is 0. The summed E-state index contributed by atoms with van der Waals surface area (Å²) in [6.45, 7) is 0.495. The van der Waals surface area contributed by atoms with E-state index in [9.17, 15) is 4.79 Å². The molecule has 8 heteroatoms. The minimum atomic E-state index is -1.47. The number of H-pyrrole nitrogens is 1. The largest absolute Gasteiger partial charge is 0.488 e. The maximum atomic E-state index is 11.5. The third-order valence-corrected chi connectivity index (χ3v) is 3.04. The van der Waals surface area contributed by atoms with E-state index in [2.05, 4.69) is 15.0 Å². The van der Waals surface area contributed by atoms with Gasteiger partial charge >= 0.3 is 7.12 Å². The molecule has 0 saturated heterocycles. The molecule has 3 N–H and O–H groups in total. The lowest BCUT2D eigenvalue weighted by molar-refractivity contribution is 0.426. The number of aromatic nitrogens is 4. The van der Waals surface area contributed by atoms with E-state index in [0.717, 1.165) is 5.56 Å². The Hall–Kier alpha value is -2.45. The Labute approximate surface area is 113 Å². The van der Waals surface area contributed by atoms with Gasteiger partial charge < -0.3 is 19.6 Å². The van der Waals surface area contributed by atoms with Crippen molar-refractivity contribution in [3.63, 3.8) is 0 Å². The van der Waals surface area contributed by atoms with E-state index in [0.29, 0.717) is 23.2 Å². The zero-order valence-corrected chi connectivity index (χ0v) is 10.4. The molecule has 2 heterocycles. The van der Waals surface area contributed by atoms with Crippen LogP contribution in [0, 0.1) is 0 Å². The van der Waals surface area contributed by atoms with Crippen molar-refractivity contribution in [2.45, 2.75) is 6.54 Å². The van der Waals surface area contributed by atoms with Gasteiger partial charge in [0.15, 0.2) is 11.2 Å². The third kappa shape index (κ3) is 2.22. The average Bonchev–Trinajstić information content (AvgIpc) is 2.84. The number of imidazole rings is 1. The topological polar surface area (TPSA) is 104 Å². The Morgan fingerprint density at radius 1 is 1.20 bits per heavy atom. The lowest BCUT2D eigenvalue weighted by Crippen LogP contribution is -2.29. The number of benzene rings is 1. The summed E-state index contributed by atoms with van der Waals surface area (Å²) in [6.07, 6.45) is 2.90. The Balaban J connectivity index is 1.93. The van der Waals surface area contributed by atoms with Crippen molar-refractivity contribution in [2.75, 3.05) is 0 Å². The van der Waals surface area contributed by atoms with Gasteiger partial charge in [0.2, 0.25) is 0 Å². The summed E-state index contributed by atoms with van der Waals surface area (Å²) in [4.78, 5) is 22.2. The summed E-state index contributed by atoms with van der Waals surface area (Å²) in [5, 5.41) is 18.1. The summed E-state index contributed by atoms with van der Waals surface area (Å²) in [7, 11) is -1.47. The van der Waals surface area contributed by atoms with Gasteiger partial charge in [0.05, 0.1) is 19.2 Å². The zero-order valence-electron chi connectivity index (χ0n) is 10.4. The van der Waals surface area contributed by atoms with E-state index < -0.39 is 7.12 Å². The van der Waals surface area contributed by atoms with E-state index in [1.54, 1.807) is 35.2 Å². The summed E-state index contributed by atoms with van der Waals surface area (Å²) < 4.78 is 1.76. The van der Waals surface area contributed by atoms with Gasteiger partial charge in [-0.3, -0.25) is 4.79 Å². The molecule has 0 unspecified atom stereocenters. The van der Waals surface area contributed by atoms with Crippen LogP contribution in [-0.4, -0.2) is 36.7 Å². The van der Waals surface area contributed by atoms with Gasteiger partial charge in [0, 0.05) is 0 Å². The number of hydrogen-bond acceptors (Lipinski definition) is 5. The molecule has 1 aromatic carbocycles. The van der Waals surface area contributed by atoms with E-state index >= 15 is 0 Å². The van der Waals surface area contributed by atoms with Crippen molar-refractivity contribution in [1.82, 2.24) is 19.5 Å². The summed E-state index contributed by atoms with van der Waals surface area (Å²) in [6, 6.07) is 6.85. The smallest absolute Gasteiger partial charge is 0.423 e. The van der Waals surface area contributed by atoms with Gasteiger partial charge in [-0.2, -0.15) is 0 Å². The molecule has 0 amide bonds. The van der Waals surface area contributed by atoms with E-state index in [-0.39, 0.29) is 5.56 Å². The Morgan fingerprint density at radius 2 is 1.95 bits per heavy atom. The van der Waals surface area contributed by atoms with Gasteiger partial charge in [-0.05, 0) is 11.0 Å². The van der Waals surface area contributed by atoms with Crippen LogP contribution in [0.4, 0.5) is 0 Å². The minimum Gasteiger partial charge on any atom is -0.423 e. The predicted octanol–water partition coefficient (Wildman–Crippen LogP) is -1.15. The van der Waals surface area contributed by atoms with Gasteiger partial charge in [-0.1, -0.05) is 24.3 Å². The van der Waals surface area contributed by atoms with Crippen LogP contribution in [0.25, 0.3) is 11.2 Å². The molecule has 0 aliphatic carbocycles. The van der Waals surface area contributed by atoms with Gasteiger partial charge in [0.1, 0.15) is 0 Å². The highest BCUT2D eigenvalue weighted by molar-refractivity contribution is 6.58. The molecular formula is C12H11BN4O3. The minimum absolute atomic E-state index is 0.271. The molecular weight excluding hydrogens is 259 g/mol. The molecule has 0 radical (unpaired) electrons. The molecule has 3 rings (SSSR count). The lowest BCUT2D eigenvalue weighted by atomic mass is 9.80. The number of nitrogens with one attached hydrogen (secondary N) is 1. The maximum absolute atomic E-state index is 11.5. The molecule has 0 fully saturated rings. The van der Waals surface area contributed by atoms with Crippen LogP contribution in [-0.2, 0) is 6.54 Å². The highest BCUT2D eigenvalue weighted by Crippen LogP contribution is 2.08. The molecule has 100 valence electrons. The second-order valence-corrected chi connectivity index (χ2v) is 4.39. The van der Waals surface area contributed by atoms with Crippen molar-refractivity contribution in [3.05, 3.63) is 52.8 Å². The molecule has 2 aromatic heterocycles. The second-order valence-electron chi connectivity index (χ2n) is 4.39. The number of aromatic amines is 1. The number of nitrogens with zero attached hydrogens (tertiary/aromatic N) is 3. The highest BCUT2D eigenvalue weighted by atomic mass is 16.4. The highest BCUT2D eigenvalue weighted by Gasteiger charge is 2.11. The molecule has 7 nitrogen and oxygen atoms in total. The molecule has 0 saturated carbocycles. The van der Waals surface area contributed by atoms with Gasteiger partial charge in [-0.15, -0.1) is 0 Å². The third-order valence-electron chi connectivity index (χ3n) is 3.04. The fraction of sp³-hybridized carbons (Fsp3) is 0.0833. The van der Waals surface area contributed by atoms with Gasteiger partial charge in [-0.25, -0.2) is 9.97 Å². The van der Waals surface area contributed by atoms with Crippen LogP contribution in [0.5, 0.6) is 0 Å². The fourth-order valence-electron chi connectivity index (χ4n) is 2.00. The average molecular weight is 270 g/mol. The first-order valence-electron chi connectivity index (χ1n) is 5.98. The Bertz CT molecular complexity index is 794. The summed E-state index contributed by atoms with van der Waals surface area (Å²) in [5.74, 6) is 0. The molecule has 20 heavy (non-hydrogen) atoms. The number of rotatable bonds is 3. The molecule has 0 aliphatic rings. The first-order chi connectivity index (χ1) is 9.65. The van der Waals surface area contributed by atoms with E-state index in [1.807, 2.05) is 0 Å². The SMILES string of the molecule is O=c1[nH]cnc2c1ncn2Cc1ccc(B(O)O)cc1. The number of fused-ring (bicyclic) bond motifs is 1. The lowest BCUT2D eigenvalue weighted by Gasteiger charge is -2.05. The normalized spacial score (nSPS) is 10.9. The van der Waals surface area contributed by atoms with Crippen LogP contribution in [0.2, 0.25) is 0 Å². The predicted molar refractivity (Wildman–Crippen MR) is 73.5 cm³/mol. The van der Waals surface area contributed by atoms with E-state index in [4.69, 9.17) is 10.0 Å². The Morgan fingerprint density at radius 3 is 2.65 bits per heavy atom. The first kappa shape index (κ1) is 12.6. The monoisotopic (exact) mass is 270 g/mol. The van der Waals surface area contributed by atoms with E-state index in [1.165, 1.54) is 6.33 Å². The molecule has 3 aromatic rings. The van der Waals surface area contributed by atoms with Crippen molar-refractivity contribution in [3.8, 4) is 0 Å². The van der Waals surface area contributed by atoms with Crippen LogP contribution in [0.15, 0.2) is 41.7 Å². The van der Waals surface area contributed by atoms with Crippen molar-refractivity contribution in [1.29, 1.82) is 0 Å². The maximum Gasteiger partial charge on any atom is 0.488 e. The molecule has 0 atom stereocenters. The van der Waals surface area contributed by atoms with Crippen LogP contribution < -0.4 is 11.0 Å². The molecule has 0 bridgehead atoms. The fourth-order valence-corrected chi connectivity index (χ4v) is 2.00. The van der Waals surface area contributed by atoms with Crippen molar-refractivity contribution >= 4 is 23.7 Å². The molecule has 0 aliphatic heterocycles. The van der Waals surface area contributed by atoms with Crippen LogP contribution in [0.3, 0.4) is 0 Å². The first-order valence-corrected chi connectivity index (χ1v) is 5.98. The van der Waals surface area contributed by atoms with Crippen molar-refractivity contribution < 1.29 is 10.0 Å². The number of hydrogen-bond donors (Lipinski definition) is 3. The summed E-state index contributed by atoms with van der Waals surface area (Å²) in [5.41, 5.74) is 1.91. The van der Waals surface area contributed by atoms with Crippen molar-refractivity contribution in [2.24, 2.45) is 0 Å². The van der Waals surface area contributed by atoms with Gasteiger partial charge in [0.25, 0.3) is 5.56 Å². The second kappa shape index (κ2) is 4.91. The standard InChI is InChI=1S/C12H11BN4O3/c18-12-10-11(14-6-15-12)17(7-16-10)5-8-1-3-9(4-2-8)13(19)20/h1-4,6-7,19-20H,5H2,(H,14,15,18). The quantitative estimate of drug-likeness (QED) is 0.521. The van der Waals surface area contributed by atoms with Crippen LogP contribution in [0.1, 0.15) is 5.56 Å². The van der Waals surface area contributed by atoms with Crippen LogP contribution >= 0.6 is 0 Å². The Kier molecular flexibility index (Phi) is 3.09.